The average molecular weight is 595 g/mol. The number of likely N-dealkylation sites (tertiary alicyclic amines) is 1. The minimum atomic E-state index is -0.211. The maximum atomic E-state index is 13.0. The quantitative estimate of drug-likeness (QED) is 0.221. The molecule has 5 rings (SSSR count). The van der Waals surface area contributed by atoms with Crippen LogP contribution in [0.15, 0.2) is 67.6 Å². The fourth-order valence-electron chi connectivity index (χ4n) is 5.79. The van der Waals surface area contributed by atoms with E-state index in [-0.39, 0.29) is 17.0 Å². The average Bonchev–Trinajstić information content (AvgIpc) is 3.25. The van der Waals surface area contributed by atoms with Gasteiger partial charge in [0.25, 0.3) is 5.56 Å². The molecule has 41 heavy (non-hydrogen) atoms. The van der Waals surface area contributed by atoms with Crippen LogP contribution in [0.5, 0.6) is 5.75 Å². The third kappa shape index (κ3) is 5.79. The van der Waals surface area contributed by atoms with E-state index in [4.69, 9.17) is 31.8 Å². The molecule has 11 heteroatoms. The Bertz CT molecular complexity index is 1580. The molecule has 3 aromatic rings. The number of fused-ring (bicyclic) bond motifs is 2. The summed E-state index contributed by atoms with van der Waals surface area (Å²) in [4.78, 5) is 29.3. The number of nitrogens with two attached hydrogens (primary N) is 1. The second-order valence-electron chi connectivity index (χ2n) is 10.5. The van der Waals surface area contributed by atoms with Crippen LogP contribution >= 0.6 is 23.4 Å². The first kappa shape index (κ1) is 29.3. The van der Waals surface area contributed by atoms with Gasteiger partial charge in [-0.2, -0.15) is 0 Å². The number of aromatic nitrogens is 2. The van der Waals surface area contributed by atoms with E-state index >= 15 is 0 Å². The number of thioether (sulfide) groups is 1. The summed E-state index contributed by atoms with van der Waals surface area (Å²) in [6.07, 6.45) is 6.19. The molecule has 2 heterocycles. The third-order valence-electron chi connectivity index (χ3n) is 8.27. The van der Waals surface area contributed by atoms with Gasteiger partial charge in [-0.15, -0.1) is 0 Å². The Kier molecular flexibility index (Phi) is 8.84. The normalized spacial score (nSPS) is 18.7. The van der Waals surface area contributed by atoms with Crippen LogP contribution in [0, 0.1) is 5.41 Å². The van der Waals surface area contributed by atoms with Crippen LogP contribution in [0.2, 0.25) is 5.02 Å². The number of ether oxygens (including phenoxy) is 2. The summed E-state index contributed by atoms with van der Waals surface area (Å²) in [5.41, 5.74) is 9.73. The van der Waals surface area contributed by atoms with Crippen LogP contribution in [0.1, 0.15) is 36.9 Å². The molecule has 0 unspecified atom stereocenters. The summed E-state index contributed by atoms with van der Waals surface area (Å²) in [6.45, 7) is 8.27. The number of hydrogen-bond donors (Lipinski definition) is 1. The van der Waals surface area contributed by atoms with Crippen molar-refractivity contribution in [1.82, 2.24) is 14.5 Å². The number of halogens is 1. The van der Waals surface area contributed by atoms with Crippen LogP contribution in [-0.4, -0.2) is 60.9 Å². The number of benzene rings is 2. The molecule has 9 nitrogen and oxygen atoms in total. The summed E-state index contributed by atoms with van der Waals surface area (Å²) in [5, 5.41) is 1.27. The Hall–Kier alpha value is -3.18. The van der Waals surface area contributed by atoms with Gasteiger partial charge in [0.1, 0.15) is 16.6 Å². The molecule has 0 bridgehead atoms. The van der Waals surface area contributed by atoms with Crippen LogP contribution in [0.4, 0.5) is 0 Å². The molecule has 1 fully saturated rings. The SMILES string of the molecule is C=N/C(=C\N=C(/C)N1CCC2(CC1)Cc1ccc(OC)cc1[C@H]2N)Sc1ccc2ncn(CCOC)c(=O)c2c1Cl. The van der Waals surface area contributed by atoms with Crippen molar-refractivity contribution in [2.45, 2.75) is 43.7 Å². The van der Waals surface area contributed by atoms with Gasteiger partial charge < -0.3 is 20.1 Å². The van der Waals surface area contributed by atoms with Gasteiger partial charge in [0.05, 0.1) is 48.7 Å². The summed E-state index contributed by atoms with van der Waals surface area (Å²) in [7, 11) is 3.28. The Labute approximate surface area is 249 Å². The monoisotopic (exact) mass is 594 g/mol. The van der Waals surface area contributed by atoms with Gasteiger partial charge in [0, 0.05) is 31.1 Å². The highest BCUT2D eigenvalue weighted by Crippen LogP contribution is 2.51. The van der Waals surface area contributed by atoms with Crippen LogP contribution < -0.4 is 16.0 Å². The van der Waals surface area contributed by atoms with E-state index in [2.05, 4.69) is 33.7 Å². The Morgan fingerprint density at radius 1 is 1.29 bits per heavy atom. The highest BCUT2D eigenvalue weighted by atomic mass is 35.5. The predicted octanol–water partition coefficient (Wildman–Crippen LogP) is 5.05. The van der Waals surface area contributed by atoms with Gasteiger partial charge in [0.15, 0.2) is 0 Å². The van der Waals surface area contributed by atoms with Crippen LogP contribution in [0.3, 0.4) is 0 Å². The van der Waals surface area contributed by atoms with Gasteiger partial charge in [-0.05, 0) is 73.7 Å². The number of methoxy groups -OCH3 is 2. The fourth-order valence-corrected chi connectivity index (χ4v) is 6.87. The Morgan fingerprint density at radius 2 is 2.07 bits per heavy atom. The molecule has 1 spiro atoms. The number of aliphatic imine (C=N–C) groups is 2. The van der Waals surface area contributed by atoms with Gasteiger partial charge in [-0.3, -0.25) is 14.4 Å². The summed E-state index contributed by atoms with van der Waals surface area (Å²) in [5.74, 6) is 1.76. The Balaban J connectivity index is 1.28. The third-order valence-corrected chi connectivity index (χ3v) is 9.78. The maximum Gasteiger partial charge on any atom is 0.262 e. The van der Waals surface area contributed by atoms with Crippen LogP contribution in [-0.2, 0) is 17.7 Å². The molecule has 1 atom stereocenters. The lowest BCUT2D eigenvalue weighted by Gasteiger charge is -2.42. The lowest BCUT2D eigenvalue weighted by atomic mass is 9.73. The van der Waals surface area contributed by atoms with Crippen molar-refractivity contribution in [1.29, 1.82) is 0 Å². The maximum absolute atomic E-state index is 13.0. The topological polar surface area (TPSA) is 107 Å². The lowest BCUT2D eigenvalue weighted by Crippen LogP contribution is -2.45. The van der Waals surface area contributed by atoms with E-state index in [1.807, 2.05) is 19.1 Å². The molecule has 1 aliphatic carbocycles. The number of piperidine rings is 1. The molecule has 1 aliphatic heterocycles. The first-order valence-corrected chi connectivity index (χ1v) is 14.7. The highest BCUT2D eigenvalue weighted by molar-refractivity contribution is 8.03. The van der Waals surface area contributed by atoms with E-state index in [0.717, 1.165) is 43.9 Å². The Morgan fingerprint density at radius 3 is 2.78 bits per heavy atom. The van der Waals surface area contributed by atoms with Crippen molar-refractivity contribution < 1.29 is 9.47 Å². The number of nitrogens with zero attached hydrogens (tertiary/aromatic N) is 5. The van der Waals surface area contributed by atoms with Crippen molar-refractivity contribution in [2.24, 2.45) is 21.1 Å². The largest absolute Gasteiger partial charge is 0.497 e. The molecule has 2 aromatic carbocycles. The smallest absolute Gasteiger partial charge is 0.262 e. The van der Waals surface area contributed by atoms with Gasteiger partial charge in [0.2, 0.25) is 0 Å². The summed E-state index contributed by atoms with van der Waals surface area (Å²) in [6, 6.07) is 9.89. The molecule has 1 saturated heterocycles. The molecule has 216 valence electrons. The first-order valence-electron chi connectivity index (χ1n) is 13.5. The summed E-state index contributed by atoms with van der Waals surface area (Å²) < 4.78 is 12.0. The standard InChI is InChI=1S/C30H35ClN6O3S/c1-19(36-11-9-30(10-12-36)16-20-5-6-21(40-4)15-22(20)28(30)32)34-17-25(33-2)41-24-8-7-23-26(27(24)31)29(38)37(18-35-23)13-14-39-3/h5-8,15,17-18,28H,2,9-14,16,32H2,1,3-4H3/b25-17+,34-19+/t28-/m1/s1. The zero-order valence-electron chi connectivity index (χ0n) is 23.6. The molecule has 2 N–H and O–H groups in total. The zero-order valence-corrected chi connectivity index (χ0v) is 25.2. The molecule has 2 aliphatic rings. The minimum absolute atomic E-state index is 0.00542. The number of hydrogen-bond acceptors (Lipinski definition) is 8. The second-order valence-corrected chi connectivity index (χ2v) is 11.9. The van der Waals surface area contributed by atoms with E-state index in [1.165, 1.54) is 33.8 Å². The molecular weight excluding hydrogens is 560 g/mol. The van der Waals surface area contributed by atoms with Crippen molar-refractivity contribution in [3.8, 4) is 5.75 Å². The highest BCUT2D eigenvalue weighted by Gasteiger charge is 2.46. The van der Waals surface area contributed by atoms with Crippen molar-refractivity contribution >= 4 is 46.8 Å². The van der Waals surface area contributed by atoms with E-state index in [0.29, 0.717) is 39.0 Å². The molecule has 1 aromatic heterocycles. The molecular formula is C30H35ClN6O3S. The van der Waals surface area contributed by atoms with Crippen LogP contribution in [0.25, 0.3) is 10.9 Å². The van der Waals surface area contributed by atoms with E-state index in [1.54, 1.807) is 26.5 Å². The minimum Gasteiger partial charge on any atom is -0.497 e. The molecule has 0 amide bonds. The first-order chi connectivity index (χ1) is 19.8. The molecule has 0 saturated carbocycles. The van der Waals surface area contributed by atoms with Gasteiger partial charge >= 0.3 is 0 Å². The molecule has 0 radical (unpaired) electrons. The van der Waals surface area contributed by atoms with Gasteiger partial charge in [-0.1, -0.05) is 29.4 Å². The van der Waals surface area contributed by atoms with Crippen molar-refractivity contribution in [2.75, 3.05) is 33.9 Å². The lowest BCUT2D eigenvalue weighted by molar-refractivity contribution is 0.127. The predicted molar refractivity (Wildman–Crippen MR) is 166 cm³/mol. The van der Waals surface area contributed by atoms with E-state index in [9.17, 15) is 4.79 Å². The number of amidine groups is 1. The zero-order chi connectivity index (χ0) is 29.1. The second kappa shape index (κ2) is 12.4. The van der Waals surface area contributed by atoms with Gasteiger partial charge in [-0.25, -0.2) is 9.98 Å². The van der Waals surface area contributed by atoms with Crippen molar-refractivity contribution in [3.05, 3.63) is 74.4 Å². The fraction of sp³-hybridized carbons (Fsp3) is 0.400. The number of rotatable bonds is 8. The van der Waals surface area contributed by atoms with Crippen molar-refractivity contribution in [3.63, 3.8) is 0 Å². The summed E-state index contributed by atoms with van der Waals surface area (Å²) >= 11 is 8.01. The van der Waals surface area contributed by atoms with E-state index < -0.39 is 0 Å².